The van der Waals surface area contributed by atoms with Gasteiger partial charge in [0, 0.05) is 11.1 Å². The maximum atomic E-state index is 11.8. The number of anilines is 1. The molecule has 0 aliphatic heterocycles. The minimum atomic E-state index is -3.70. The number of thiazole rings is 1. The standard InChI is InChI=1S/C10H8N2O4S2/c13-10(14)7-1-3-8(4-2-7)12-18(15,16)9-5-17-6-11-9/h1-6,12H,(H,13,14). The summed E-state index contributed by atoms with van der Waals surface area (Å²) in [6.07, 6.45) is 0. The first-order valence-corrected chi connectivity index (χ1v) is 7.16. The van der Waals surface area contributed by atoms with Crippen LogP contribution in [0.15, 0.2) is 40.2 Å². The average molecular weight is 284 g/mol. The van der Waals surface area contributed by atoms with Gasteiger partial charge in [-0.1, -0.05) is 0 Å². The number of aromatic nitrogens is 1. The van der Waals surface area contributed by atoms with Gasteiger partial charge in [0.15, 0.2) is 5.03 Å². The number of hydrogen-bond donors (Lipinski definition) is 2. The lowest BCUT2D eigenvalue weighted by atomic mass is 10.2. The van der Waals surface area contributed by atoms with E-state index in [2.05, 4.69) is 9.71 Å². The van der Waals surface area contributed by atoms with E-state index in [0.29, 0.717) is 0 Å². The van der Waals surface area contributed by atoms with Crippen LogP contribution in [-0.2, 0) is 10.0 Å². The Morgan fingerprint density at radius 2 is 1.94 bits per heavy atom. The zero-order valence-electron chi connectivity index (χ0n) is 8.90. The Bertz CT molecular complexity index is 648. The smallest absolute Gasteiger partial charge is 0.335 e. The largest absolute Gasteiger partial charge is 0.478 e. The minimum Gasteiger partial charge on any atom is -0.478 e. The van der Waals surface area contributed by atoms with Gasteiger partial charge in [-0.15, -0.1) is 11.3 Å². The van der Waals surface area contributed by atoms with Gasteiger partial charge in [-0.25, -0.2) is 9.78 Å². The molecule has 1 aromatic carbocycles. The topological polar surface area (TPSA) is 96.4 Å². The summed E-state index contributed by atoms with van der Waals surface area (Å²) in [6.45, 7) is 0. The summed E-state index contributed by atoms with van der Waals surface area (Å²) in [7, 11) is -3.70. The number of sulfonamides is 1. The number of nitrogens with zero attached hydrogens (tertiary/aromatic N) is 1. The summed E-state index contributed by atoms with van der Waals surface area (Å²) >= 11 is 1.18. The molecule has 0 amide bonds. The first-order chi connectivity index (χ1) is 8.49. The lowest BCUT2D eigenvalue weighted by Gasteiger charge is -2.05. The van der Waals surface area contributed by atoms with E-state index in [1.165, 1.54) is 46.5 Å². The molecular weight excluding hydrogens is 276 g/mol. The predicted molar refractivity (Wildman–Crippen MR) is 66.3 cm³/mol. The van der Waals surface area contributed by atoms with Crippen molar-refractivity contribution in [3.05, 3.63) is 40.7 Å². The van der Waals surface area contributed by atoms with Gasteiger partial charge in [-0.3, -0.25) is 4.72 Å². The zero-order valence-corrected chi connectivity index (χ0v) is 10.5. The van der Waals surface area contributed by atoms with Crippen LogP contribution in [0.5, 0.6) is 0 Å². The molecule has 0 aliphatic rings. The van der Waals surface area contributed by atoms with E-state index in [0.717, 1.165) is 0 Å². The van der Waals surface area contributed by atoms with Gasteiger partial charge in [0.25, 0.3) is 10.0 Å². The summed E-state index contributed by atoms with van der Waals surface area (Å²) in [6, 6.07) is 5.41. The Morgan fingerprint density at radius 3 is 2.44 bits per heavy atom. The number of hydrogen-bond acceptors (Lipinski definition) is 5. The highest BCUT2D eigenvalue weighted by Crippen LogP contribution is 2.16. The molecule has 1 aromatic heterocycles. The summed E-state index contributed by atoms with van der Waals surface area (Å²) in [5, 5.41) is 10.1. The molecule has 94 valence electrons. The van der Waals surface area contributed by atoms with Crippen molar-refractivity contribution in [3.63, 3.8) is 0 Å². The molecule has 2 N–H and O–H groups in total. The zero-order chi connectivity index (χ0) is 13.2. The number of carboxylic acids is 1. The van der Waals surface area contributed by atoms with Crippen molar-refractivity contribution in [3.8, 4) is 0 Å². The number of nitrogens with one attached hydrogen (secondary N) is 1. The number of carbonyl (C=O) groups is 1. The molecule has 0 saturated heterocycles. The van der Waals surface area contributed by atoms with E-state index in [9.17, 15) is 13.2 Å². The fourth-order valence-corrected chi connectivity index (χ4v) is 3.12. The van der Waals surface area contributed by atoms with E-state index in [1.807, 2.05) is 0 Å². The van der Waals surface area contributed by atoms with Crippen LogP contribution >= 0.6 is 11.3 Å². The first kappa shape index (κ1) is 12.5. The van der Waals surface area contributed by atoms with Crippen LogP contribution in [0.25, 0.3) is 0 Å². The molecule has 18 heavy (non-hydrogen) atoms. The number of benzene rings is 1. The Hall–Kier alpha value is -1.93. The quantitative estimate of drug-likeness (QED) is 0.889. The van der Waals surface area contributed by atoms with Gasteiger partial charge >= 0.3 is 5.97 Å². The van der Waals surface area contributed by atoms with Gasteiger partial charge in [0.1, 0.15) is 0 Å². The third-order valence-electron chi connectivity index (χ3n) is 2.07. The number of rotatable bonds is 4. The van der Waals surface area contributed by atoms with E-state index >= 15 is 0 Å². The molecule has 0 spiro atoms. The van der Waals surface area contributed by atoms with Crippen molar-refractivity contribution in [2.24, 2.45) is 0 Å². The van der Waals surface area contributed by atoms with Crippen LogP contribution in [0.2, 0.25) is 0 Å². The molecule has 2 aromatic rings. The third-order valence-corrected chi connectivity index (χ3v) is 4.08. The fraction of sp³-hybridized carbons (Fsp3) is 0. The number of carboxylic acid groups (broad SMARTS) is 1. The van der Waals surface area contributed by atoms with Crippen molar-refractivity contribution in [1.82, 2.24) is 4.98 Å². The molecule has 0 fully saturated rings. The molecule has 0 aliphatic carbocycles. The SMILES string of the molecule is O=C(O)c1ccc(NS(=O)(=O)c2cscn2)cc1. The molecule has 6 nitrogen and oxygen atoms in total. The first-order valence-electron chi connectivity index (χ1n) is 4.73. The van der Waals surface area contributed by atoms with Crippen LogP contribution in [0.1, 0.15) is 10.4 Å². The van der Waals surface area contributed by atoms with Gasteiger partial charge in [-0.05, 0) is 24.3 Å². The van der Waals surface area contributed by atoms with Gasteiger partial charge in [0.2, 0.25) is 0 Å². The highest BCUT2D eigenvalue weighted by molar-refractivity contribution is 7.92. The molecule has 8 heteroatoms. The lowest BCUT2D eigenvalue weighted by Crippen LogP contribution is -2.13. The second-order valence-corrected chi connectivity index (χ2v) is 5.66. The molecule has 1 heterocycles. The maximum absolute atomic E-state index is 11.8. The highest BCUT2D eigenvalue weighted by atomic mass is 32.2. The summed E-state index contributed by atoms with van der Waals surface area (Å²) < 4.78 is 25.9. The molecule has 0 atom stereocenters. The highest BCUT2D eigenvalue weighted by Gasteiger charge is 2.16. The van der Waals surface area contributed by atoms with Crippen molar-refractivity contribution >= 4 is 33.0 Å². The Balaban J connectivity index is 2.22. The van der Waals surface area contributed by atoms with Crippen molar-refractivity contribution < 1.29 is 18.3 Å². The fourth-order valence-electron chi connectivity index (χ4n) is 1.22. The molecule has 0 saturated carbocycles. The van der Waals surface area contributed by atoms with Crippen LogP contribution in [0, 0.1) is 0 Å². The van der Waals surface area contributed by atoms with Crippen molar-refractivity contribution in [2.45, 2.75) is 5.03 Å². The Kier molecular flexibility index (Phi) is 3.30. The normalized spacial score (nSPS) is 11.1. The van der Waals surface area contributed by atoms with Crippen LogP contribution < -0.4 is 4.72 Å². The van der Waals surface area contributed by atoms with Crippen molar-refractivity contribution in [2.75, 3.05) is 4.72 Å². The van der Waals surface area contributed by atoms with E-state index < -0.39 is 16.0 Å². The molecule has 0 bridgehead atoms. The average Bonchev–Trinajstić information content (AvgIpc) is 2.83. The molecule has 0 unspecified atom stereocenters. The molecule has 0 radical (unpaired) electrons. The second kappa shape index (κ2) is 4.75. The van der Waals surface area contributed by atoms with Gasteiger partial charge < -0.3 is 5.11 Å². The summed E-state index contributed by atoms with van der Waals surface area (Å²) in [5.41, 5.74) is 1.79. The van der Waals surface area contributed by atoms with Crippen molar-refractivity contribution in [1.29, 1.82) is 0 Å². The van der Waals surface area contributed by atoms with Gasteiger partial charge in [0.05, 0.1) is 11.1 Å². The second-order valence-electron chi connectivity index (χ2n) is 3.31. The van der Waals surface area contributed by atoms with E-state index in [4.69, 9.17) is 5.11 Å². The number of aromatic carboxylic acids is 1. The monoisotopic (exact) mass is 284 g/mol. The molecule has 2 rings (SSSR count). The maximum Gasteiger partial charge on any atom is 0.335 e. The van der Waals surface area contributed by atoms with Crippen LogP contribution in [-0.4, -0.2) is 24.5 Å². The summed E-state index contributed by atoms with van der Waals surface area (Å²) in [4.78, 5) is 14.3. The van der Waals surface area contributed by atoms with E-state index in [1.54, 1.807) is 0 Å². The van der Waals surface area contributed by atoms with Crippen LogP contribution in [0.3, 0.4) is 0 Å². The minimum absolute atomic E-state index is 0.0604. The summed E-state index contributed by atoms with van der Waals surface area (Å²) in [5.74, 6) is -1.07. The van der Waals surface area contributed by atoms with E-state index in [-0.39, 0.29) is 16.3 Å². The Morgan fingerprint density at radius 1 is 1.28 bits per heavy atom. The van der Waals surface area contributed by atoms with Gasteiger partial charge in [-0.2, -0.15) is 8.42 Å². The van der Waals surface area contributed by atoms with Crippen LogP contribution in [0.4, 0.5) is 5.69 Å². The predicted octanol–water partition coefficient (Wildman–Crippen LogP) is 1.64. The lowest BCUT2D eigenvalue weighted by molar-refractivity contribution is 0.0697. The molecular formula is C10H8N2O4S2. The Labute approximate surface area is 107 Å². The third kappa shape index (κ3) is 2.66.